The lowest BCUT2D eigenvalue weighted by molar-refractivity contribution is -0.149. The lowest BCUT2D eigenvalue weighted by Gasteiger charge is -2.25. The molecule has 1 atom stereocenters. The molecule has 1 aliphatic carbocycles. The highest BCUT2D eigenvalue weighted by atomic mass is 79.9. The number of amides is 1. The van der Waals surface area contributed by atoms with Gasteiger partial charge in [0.15, 0.2) is 11.9 Å². The first-order chi connectivity index (χ1) is 11.1. The van der Waals surface area contributed by atoms with Crippen LogP contribution in [0.5, 0.6) is 5.75 Å². The van der Waals surface area contributed by atoms with Gasteiger partial charge in [-0.25, -0.2) is 5.48 Å². The fourth-order valence-electron chi connectivity index (χ4n) is 2.11. The third-order valence-electron chi connectivity index (χ3n) is 3.70. The minimum atomic E-state index is -0.696. The Kier molecular flexibility index (Phi) is 4.97. The van der Waals surface area contributed by atoms with E-state index in [4.69, 9.17) is 14.1 Å². The van der Waals surface area contributed by atoms with Crippen LogP contribution >= 0.6 is 15.9 Å². The molecular formula is C16H17BrN2O4. The number of benzene rings is 1. The standard InChI is InChI=1S/C16H17BrN2O4/c1-10(16(20)19-22-12-3-2-4-12)21-14-6-5-11(17)9-13(14)15-7-8-18-23-15/h5-10,12H,2-4H2,1H3,(H,19,20)/t10-/m0/s1. The van der Waals surface area contributed by atoms with Crippen LogP contribution in [0.2, 0.25) is 0 Å². The molecule has 1 aliphatic rings. The molecule has 0 spiro atoms. The molecular weight excluding hydrogens is 364 g/mol. The maximum Gasteiger partial charge on any atom is 0.284 e. The Morgan fingerprint density at radius 3 is 2.91 bits per heavy atom. The van der Waals surface area contributed by atoms with Gasteiger partial charge in [-0.2, -0.15) is 0 Å². The van der Waals surface area contributed by atoms with Gasteiger partial charge in [0.1, 0.15) is 5.75 Å². The van der Waals surface area contributed by atoms with Gasteiger partial charge >= 0.3 is 0 Å². The molecule has 1 aromatic heterocycles. The Morgan fingerprint density at radius 1 is 1.43 bits per heavy atom. The van der Waals surface area contributed by atoms with Crippen molar-refractivity contribution in [3.63, 3.8) is 0 Å². The molecule has 1 amide bonds. The van der Waals surface area contributed by atoms with E-state index in [1.54, 1.807) is 25.3 Å². The number of carbonyl (C=O) groups is 1. The Labute approximate surface area is 142 Å². The van der Waals surface area contributed by atoms with Crippen molar-refractivity contribution in [1.82, 2.24) is 10.6 Å². The molecule has 1 N–H and O–H groups in total. The lowest BCUT2D eigenvalue weighted by Crippen LogP contribution is -2.40. The number of aromatic nitrogens is 1. The van der Waals surface area contributed by atoms with Crippen LogP contribution in [0.1, 0.15) is 26.2 Å². The van der Waals surface area contributed by atoms with Crippen molar-refractivity contribution < 1.29 is 18.9 Å². The summed E-state index contributed by atoms with van der Waals surface area (Å²) in [5.41, 5.74) is 3.18. The third kappa shape index (κ3) is 3.92. The van der Waals surface area contributed by atoms with Crippen molar-refractivity contribution in [2.75, 3.05) is 0 Å². The number of nitrogens with zero attached hydrogens (tertiary/aromatic N) is 1. The molecule has 6 nitrogen and oxygen atoms in total. The minimum absolute atomic E-state index is 0.128. The van der Waals surface area contributed by atoms with Crippen molar-refractivity contribution in [3.05, 3.63) is 34.9 Å². The summed E-state index contributed by atoms with van der Waals surface area (Å²) in [5, 5.41) is 3.70. The van der Waals surface area contributed by atoms with E-state index in [1.807, 2.05) is 12.1 Å². The number of rotatable bonds is 6. The van der Waals surface area contributed by atoms with Gasteiger partial charge in [-0.3, -0.25) is 9.63 Å². The first-order valence-electron chi connectivity index (χ1n) is 7.46. The molecule has 1 fully saturated rings. The molecule has 1 heterocycles. The Hall–Kier alpha value is -1.86. The number of hydrogen-bond donors (Lipinski definition) is 1. The fraction of sp³-hybridized carbons (Fsp3) is 0.375. The molecule has 3 rings (SSSR count). The number of ether oxygens (including phenoxy) is 1. The second kappa shape index (κ2) is 7.14. The van der Waals surface area contributed by atoms with Gasteiger partial charge in [0.2, 0.25) is 0 Å². The summed E-state index contributed by atoms with van der Waals surface area (Å²) in [6.45, 7) is 1.67. The van der Waals surface area contributed by atoms with E-state index in [2.05, 4.69) is 26.6 Å². The summed E-state index contributed by atoms with van der Waals surface area (Å²) in [7, 11) is 0. The second-order valence-corrected chi connectivity index (χ2v) is 6.33. The van der Waals surface area contributed by atoms with Crippen molar-refractivity contribution in [2.24, 2.45) is 0 Å². The topological polar surface area (TPSA) is 73.6 Å². The van der Waals surface area contributed by atoms with E-state index in [1.165, 1.54) is 0 Å². The van der Waals surface area contributed by atoms with Gasteiger partial charge in [0.05, 0.1) is 17.9 Å². The number of carbonyl (C=O) groups excluding carboxylic acids is 1. The average Bonchev–Trinajstić information content (AvgIpc) is 3.01. The average molecular weight is 381 g/mol. The molecule has 0 unspecified atom stereocenters. The van der Waals surface area contributed by atoms with Gasteiger partial charge < -0.3 is 9.26 Å². The molecule has 0 bridgehead atoms. The molecule has 0 aliphatic heterocycles. The van der Waals surface area contributed by atoms with Crippen molar-refractivity contribution >= 4 is 21.8 Å². The normalized spacial score (nSPS) is 15.7. The first kappa shape index (κ1) is 16.0. The van der Waals surface area contributed by atoms with Crippen LogP contribution < -0.4 is 10.2 Å². The van der Waals surface area contributed by atoms with Crippen molar-refractivity contribution in [3.8, 4) is 17.1 Å². The summed E-state index contributed by atoms with van der Waals surface area (Å²) in [6, 6.07) is 7.20. The first-order valence-corrected chi connectivity index (χ1v) is 8.25. The maximum absolute atomic E-state index is 12.1. The molecule has 1 aromatic carbocycles. The van der Waals surface area contributed by atoms with Gasteiger partial charge in [0, 0.05) is 10.5 Å². The van der Waals surface area contributed by atoms with Crippen molar-refractivity contribution in [1.29, 1.82) is 0 Å². The Balaban J connectivity index is 1.67. The number of hydrogen-bond acceptors (Lipinski definition) is 5. The van der Waals surface area contributed by atoms with E-state index >= 15 is 0 Å². The fourth-order valence-corrected chi connectivity index (χ4v) is 2.47. The van der Waals surface area contributed by atoms with Crippen LogP contribution in [0.15, 0.2) is 39.5 Å². The highest BCUT2D eigenvalue weighted by Crippen LogP contribution is 2.33. The quantitative estimate of drug-likeness (QED) is 0.776. The molecule has 23 heavy (non-hydrogen) atoms. The smallest absolute Gasteiger partial charge is 0.284 e. The molecule has 0 saturated heterocycles. The maximum atomic E-state index is 12.1. The van der Waals surface area contributed by atoms with Crippen LogP contribution in [0.3, 0.4) is 0 Å². The van der Waals surface area contributed by atoms with Crippen LogP contribution in [-0.2, 0) is 9.63 Å². The van der Waals surface area contributed by atoms with Gasteiger partial charge in [-0.1, -0.05) is 21.1 Å². The lowest BCUT2D eigenvalue weighted by atomic mass is 9.97. The molecule has 2 aromatic rings. The highest BCUT2D eigenvalue weighted by Gasteiger charge is 2.22. The van der Waals surface area contributed by atoms with E-state index < -0.39 is 6.10 Å². The largest absolute Gasteiger partial charge is 0.480 e. The summed E-state index contributed by atoms with van der Waals surface area (Å²) in [5.74, 6) is 0.791. The summed E-state index contributed by atoms with van der Waals surface area (Å²) in [6.07, 6.45) is 4.10. The zero-order valence-corrected chi connectivity index (χ0v) is 14.2. The van der Waals surface area contributed by atoms with Crippen molar-refractivity contribution in [2.45, 2.75) is 38.4 Å². The van der Waals surface area contributed by atoms with Gasteiger partial charge in [0.25, 0.3) is 5.91 Å². The van der Waals surface area contributed by atoms with Crippen LogP contribution in [0, 0.1) is 0 Å². The van der Waals surface area contributed by atoms with Crippen LogP contribution in [-0.4, -0.2) is 23.3 Å². The Morgan fingerprint density at radius 2 is 2.26 bits per heavy atom. The third-order valence-corrected chi connectivity index (χ3v) is 4.19. The summed E-state index contributed by atoms with van der Waals surface area (Å²) < 4.78 is 11.8. The van der Waals surface area contributed by atoms with Crippen LogP contribution in [0.4, 0.5) is 0 Å². The predicted octanol–water partition coefficient (Wildman–Crippen LogP) is 3.47. The van der Waals surface area contributed by atoms with E-state index in [9.17, 15) is 4.79 Å². The van der Waals surface area contributed by atoms with E-state index in [0.29, 0.717) is 11.5 Å². The number of halogens is 1. The van der Waals surface area contributed by atoms with Crippen LogP contribution in [0.25, 0.3) is 11.3 Å². The number of nitrogens with one attached hydrogen (secondary N) is 1. The molecule has 1 saturated carbocycles. The summed E-state index contributed by atoms with van der Waals surface area (Å²) in [4.78, 5) is 17.4. The summed E-state index contributed by atoms with van der Waals surface area (Å²) >= 11 is 3.42. The molecule has 0 radical (unpaired) electrons. The molecule has 7 heteroatoms. The zero-order valence-electron chi connectivity index (χ0n) is 12.6. The zero-order chi connectivity index (χ0) is 16.2. The van der Waals surface area contributed by atoms with E-state index in [0.717, 1.165) is 29.3 Å². The number of hydroxylamine groups is 1. The predicted molar refractivity (Wildman–Crippen MR) is 86.6 cm³/mol. The highest BCUT2D eigenvalue weighted by molar-refractivity contribution is 9.10. The monoisotopic (exact) mass is 380 g/mol. The van der Waals surface area contributed by atoms with E-state index in [-0.39, 0.29) is 12.0 Å². The SMILES string of the molecule is C[C@H](Oc1ccc(Br)cc1-c1ccno1)C(=O)NOC1CCC1. The van der Waals surface area contributed by atoms with Gasteiger partial charge in [-0.15, -0.1) is 0 Å². The Bertz CT molecular complexity index is 671. The van der Waals surface area contributed by atoms with Gasteiger partial charge in [-0.05, 0) is 44.4 Å². The molecule has 122 valence electrons. The second-order valence-electron chi connectivity index (χ2n) is 5.41. The minimum Gasteiger partial charge on any atom is -0.480 e.